The number of rotatable bonds is 4. The zero-order valence-corrected chi connectivity index (χ0v) is 20.2. The Morgan fingerprint density at radius 1 is 0.838 bits per heavy atom. The minimum absolute atomic E-state index is 0.274. The van der Waals surface area contributed by atoms with Crippen LogP contribution in [0.4, 0.5) is 23.2 Å². The molecule has 1 fully saturated rings. The van der Waals surface area contributed by atoms with E-state index < -0.39 is 11.7 Å². The Kier molecular flexibility index (Phi) is 6.64. The van der Waals surface area contributed by atoms with Gasteiger partial charge in [0.15, 0.2) is 0 Å². The lowest BCUT2D eigenvalue weighted by molar-refractivity contribution is -0.137. The van der Waals surface area contributed by atoms with Gasteiger partial charge >= 0.3 is 6.18 Å². The van der Waals surface area contributed by atoms with Crippen LogP contribution in [-0.2, 0) is 6.18 Å². The highest BCUT2D eigenvalue weighted by Crippen LogP contribution is 2.32. The molecule has 0 atom stereocenters. The second-order valence-electron chi connectivity index (χ2n) is 8.64. The number of anilines is 1. The summed E-state index contributed by atoms with van der Waals surface area (Å²) in [5.41, 5.74) is 1.78. The van der Waals surface area contributed by atoms with Crippen molar-refractivity contribution in [2.45, 2.75) is 6.18 Å². The van der Waals surface area contributed by atoms with Crippen molar-refractivity contribution in [3.8, 4) is 16.9 Å². The fraction of sp³-hybridized carbons (Fsp3) is 0.185. The monoisotopic (exact) mass is 528 g/mol. The molecule has 5 nitrogen and oxygen atoms in total. The van der Waals surface area contributed by atoms with Gasteiger partial charge in [0, 0.05) is 42.5 Å². The molecule has 3 aromatic carbocycles. The van der Waals surface area contributed by atoms with Gasteiger partial charge < -0.3 is 9.80 Å². The number of carbonyl (C=O) groups is 1. The van der Waals surface area contributed by atoms with Crippen LogP contribution < -0.4 is 4.90 Å². The number of nitrogens with zero attached hydrogens (tertiary/aromatic N) is 4. The van der Waals surface area contributed by atoms with Gasteiger partial charge in [0.2, 0.25) is 0 Å². The van der Waals surface area contributed by atoms with E-state index in [-0.39, 0.29) is 11.7 Å². The summed E-state index contributed by atoms with van der Waals surface area (Å²) in [5, 5.41) is 5.08. The topological polar surface area (TPSA) is 41.4 Å². The van der Waals surface area contributed by atoms with Gasteiger partial charge in [-0.25, -0.2) is 9.07 Å². The third-order valence-corrected chi connectivity index (χ3v) is 6.46. The number of hydrogen-bond donors (Lipinski definition) is 0. The summed E-state index contributed by atoms with van der Waals surface area (Å²) in [6.45, 7) is 1.40. The molecule has 0 saturated carbocycles. The van der Waals surface area contributed by atoms with Gasteiger partial charge in [0.1, 0.15) is 11.5 Å². The second kappa shape index (κ2) is 9.89. The van der Waals surface area contributed by atoms with Crippen LogP contribution in [0.1, 0.15) is 16.1 Å². The maximum Gasteiger partial charge on any atom is 0.416 e. The zero-order valence-electron chi connectivity index (χ0n) is 19.4. The van der Waals surface area contributed by atoms with E-state index >= 15 is 0 Å². The van der Waals surface area contributed by atoms with Gasteiger partial charge in [0.05, 0.1) is 16.9 Å². The maximum absolute atomic E-state index is 13.6. The molecule has 190 valence electrons. The zero-order chi connectivity index (χ0) is 26.2. The Labute approximate surface area is 215 Å². The van der Waals surface area contributed by atoms with E-state index in [2.05, 4.69) is 5.10 Å². The lowest BCUT2D eigenvalue weighted by Crippen LogP contribution is -2.49. The summed E-state index contributed by atoms with van der Waals surface area (Å²) in [7, 11) is 0. The van der Waals surface area contributed by atoms with Crippen molar-refractivity contribution in [2.75, 3.05) is 31.1 Å². The van der Waals surface area contributed by atoms with E-state index in [4.69, 9.17) is 11.6 Å². The van der Waals surface area contributed by atoms with Crippen LogP contribution in [0.2, 0.25) is 5.02 Å². The fourth-order valence-corrected chi connectivity index (χ4v) is 4.49. The summed E-state index contributed by atoms with van der Waals surface area (Å²) in [5.74, 6) is -0.655. The molecule has 1 aromatic heterocycles. The summed E-state index contributed by atoms with van der Waals surface area (Å²) in [6, 6.07) is 19.6. The van der Waals surface area contributed by atoms with E-state index in [1.165, 1.54) is 22.9 Å². The lowest BCUT2D eigenvalue weighted by atomic mass is 10.1. The van der Waals surface area contributed by atoms with Crippen LogP contribution in [0, 0.1) is 5.82 Å². The number of piperazine rings is 1. The number of carbonyl (C=O) groups excluding carboxylic acids is 1. The van der Waals surface area contributed by atoms with Crippen molar-refractivity contribution in [1.82, 2.24) is 14.7 Å². The van der Waals surface area contributed by atoms with E-state index in [0.717, 1.165) is 12.1 Å². The van der Waals surface area contributed by atoms with Crippen molar-refractivity contribution in [3.63, 3.8) is 0 Å². The molecule has 0 bridgehead atoms. The number of halogens is 5. The molecule has 1 aliphatic heterocycles. The molecule has 0 spiro atoms. The third kappa shape index (κ3) is 5.32. The lowest BCUT2D eigenvalue weighted by Gasteiger charge is -2.36. The van der Waals surface area contributed by atoms with Crippen molar-refractivity contribution in [1.29, 1.82) is 0 Å². The second-order valence-corrected chi connectivity index (χ2v) is 9.08. The molecule has 10 heteroatoms. The molecule has 0 N–H and O–H groups in total. The average molecular weight is 529 g/mol. The van der Waals surface area contributed by atoms with E-state index in [0.29, 0.717) is 59.5 Å². The Morgan fingerprint density at radius 2 is 1.51 bits per heavy atom. The average Bonchev–Trinajstić information content (AvgIpc) is 3.34. The van der Waals surface area contributed by atoms with Crippen LogP contribution >= 0.6 is 11.6 Å². The molecule has 5 rings (SSSR count). The largest absolute Gasteiger partial charge is 0.416 e. The summed E-state index contributed by atoms with van der Waals surface area (Å²) in [4.78, 5) is 17.1. The van der Waals surface area contributed by atoms with Gasteiger partial charge in [-0.05, 0) is 66.7 Å². The molecular formula is C27H21ClF4N4O. The Bertz CT molecular complexity index is 1430. The Hall–Kier alpha value is -3.85. The minimum Gasteiger partial charge on any atom is -0.368 e. The summed E-state index contributed by atoms with van der Waals surface area (Å²) >= 11 is 6.18. The van der Waals surface area contributed by atoms with Gasteiger partial charge in [0.25, 0.3) is 5.91 Å². The van der Waals surface area contributed by atoms with Crippen LogP contribution in [0.25, 0.3) is 16.9 Å². The highest BCUT2D eigenvalue weighted by molar-refractivity contribution is 6.30. The number of alkyl halides is 3. The Morgan fingerprint density at radius 3 is 2.19 bits per heavy atom. The van der Waals surface area contributed by atoms with Crippen LogP contribution in [0.15, 0.2) is 78.9 Å². The highest BCUT2D eigenvalue weighted by atomic mass is 35.5. The first-order valence-electron chi connectivity index (χ1n) is 11.5. The smallest absolute Gasteiger partial charge is 0.368 e. The molecular weight excluding hydrogens is 508 g/mol. The van der Waals surface area contributed by atoms with Gasteiger partial charge in [-0.15, -0.1) is 0 Å². The molecule has 1 amide bonds. The first kappa shape index (κ1) is 24.8. The molecule has 0 unspecified atom stereocenters. The maximum atomic E-state index is 13.6. The highest BCUT2D eigenvalue weighted by Gasteiger charge is 2.32. The van der Waals surface area contributed by atoms with Crippen molar-refractivity contribution < 1.29 is 22.4 Å². The van der Waals surface area contributed by atoms with E-state index in [1.54, 1.807) is 53.4 Å². The molecule has 1 saturated heterocycles. The molecule has 4 aromatic rings. The normalized spacial score (nSPS) is 14.2. The SMILES string of the molecule is O=C(c1cc(-c2ccc(F)cc2)nn1-c1cccc(Cl)c1)N1CCN(c2cccc(C(F)(F)F)c2)CC1. The third-order valence-electron chi connectivity index (χ3n) is 6.23. The van der Waals surface area contributed by atoms with Gasteiger partial charge in [-0.3, -0.25) is 4.79 Å². The number of benzene rings is 3. The van der Waals surface area contributed by atoms with Crippen molar-refractivity contribution in [2.24, 2.45) is 0 Å². The number of hydrogen-bond acceptors (Lipinski definition) is 3. The van der Waals surface area contributed by atoms with E-state index in [1.807, 2.05) is 4.90 Å². The molecule has 37 heavy (non-hydrogen) atoms. The quantitative estimate of drug-likeness (QED) is 0.291. The summed E-state index contributed by atoms with van der Waals surface area (Å²) < 4.78 is 54.3. The molecule has 2 heterocycles. The summed E-state index contributed by atoms with van der Waals surface area (Å²) in [6.07, 6.45) is -4.42. The Balaban J connectivity index is 1.40. The van der Waals surface area contributed by atoms with Crippen molar-refractivity contribution in [3.05, 3.63) is 101 Å². The first-order chi connectivity index (χ1) is 17.7. The van der Waals surface area contributed by atoms with Gasteiger partial charge in [-0.1, -0.05) is 23.7 Å². The van der Waals surface area contributed by atoms with Crippen molar-refractivity contribution >= 4 is 23.2 Å². The predicted octanol–water partition coefficient (Wildman–Crippen LogP) is 6.31. The molecule has 0 radical (unpaired) electrons. The van der Waals surface area contributed by atoms with Crippen LogP contribution in [-0.4, -0.2) is 46.8 Å². The number of amides is 1. The molecule has 0 aliphatic carbocycles. The predicted molar refractivity (Wildman–Crippen MR) is 134 cm³/mol. The minimum atomic E-state index is -4.42. The first-order valence-corrected chi connectivity index (χ1v) is 11.9. The van der Waals surface area contributed by atoms with Crippen LogP contribution in [0.3, 0.4) is 0 Å². The molecule has 1 aliphatic rings. The van der Waals surface area contributed by atoms with Gasteiger partial charge in [-0.2, -0.15) is 18.3 Å². The standard InChI is InChI=1S/C27H21ClF4N4O/c28-20-4-2-6-23(16-20)36-25(17-24(33-36)18-7-9-21(29)10-8-18)26(37)35-13-11-34(12-14-35)22-5-1-3-19(15-22)27(30,31)32/h1-10,15-17H,11-14H2. The fourth-order valence-electron chi connectivity index (χ4n) is 4.31. The number of aromatic nitrogens is 2. The van der Waals surface area contributed by atoms with Crippen LogP contribution in [0.5, 0.6) is 0 Å². The van der Waals surface area contributed by atoms with E-state index in [9.17, 15) is 22.4 Å².